The van der Waals surface area contributed by atoms with Gasteiger partial charge in [0.2, 0.25) is 0 Å². The lowest BCUT2D eigenvalue weighted by molar-refractivity contribution is -0.149. The molecule has 3 heteroatoms. The van der Waals surface area contributed by atoms with Gasteiger partial charge in [-0.2, -0.15) is 0 Å². The summed E-state index contributed by atoms with van der Waals surface area (Å²) < 4.78 is 10.8. The van der Waals surface area contributed by atoms with Crippen molar-refractivity contribution in [3.63, 3.8) is 0 Å². The van der Waals surface area contributed by atoms with Gasteiger partial charge in [0, 0.05) is 12.5 Å². The highest BCUT2D eigenvalue weighted by molar-refractivity contribution is 5.86. The average molecular weight is 336 g/mol. The second kappa shape index (κ2) is 8.13. The number of hydrogen-bond acceptors (Lipinski definition) is 3. The second-order valence-corrected chi connectivity index (χ2v) is 6.28. The van der Waals surface area contributed by atoms with Crippen LogP contribution in [0.1, 0.15) is 30.4 Å². The molecule has 2 aromatic carbocycles. The normalized spacial score (nSPS) is 22.0. The van der Waals surface area contributed by atoms with Gasteiger partial charge in [0.15, 0.2) is 0 Å². The zero-order valence-electron chi connectivity index (χ0n) is 14.6. The number of rotatable bonds is 8. The first-order valence-electron chi connectivity index (χ1n) is 8.80. The zero-order chi connectivity index (χ0) is 17.5. The predicted molar refractivity (Wildman–Crippen MR) is 99.2 cm³/mol. The van der Waals surface area contributed by atoms with Gasteiger partial charge in [-0.15, -0.1) is 0 Å². The molecule has 3 nitrogen and oxygen atoms in total. The SMILES string of the molecule is CCOCCOC(=O)[C@]1(C=Cc2ccccc2)C[C@H]1c1ccccc1. The molecule has 1 fully saturated rings. The van der Waals surface area contributed by atoms with Crippen molar-refractivity contribution in [1.82, 2.24) is 0 Å². The number of benzene rings is 2. The van der Waals surface area contributed by atoms with Gasteiger partial charge in [-0.05, 0) is 24.5 Å². The Kier molecular flexibility index (Phi) is 5.67. The van der Waals surface area contributed by atoms with Gasteiger partial charge >= 0.3 is 5.97 Å². The molecule has 0 bridgehead atoms. The summed E-state index contributed by atoms with van der Waals surface area (Å²) >= 11 is 0. The van der Waals surface area contributed by atoms with E-state index in [-0.39, 0.29) is 11.9 Å². The molecule has 0 radical (unpaired) electrons. The van der Waals surface area contributed by atoms with Gasteiger partial charge in [-0.3, -0.25) is 4.79 Å². The van der Waals surface area contributed by atoms with E-state index in [1.807, 2.05) is 67.6 Å². The van der Waals surface area contributed by atoms with Crippen molar-refractivity contribution in [2.24, 2.45) is 5.41 Å². The topological polar surface area (TPSA) is 35.5 Å². The highest BCUT2D eigenvalue weighted by Crippen LogP contribution is 2.61. The molecule has 2 atom stereocenters. The fourth-order valence-corrected chi connectivity index (χ4v) is 3.14. The Morgan fingerprint density at radius 3 is 2.44 bits per heavy atom. The third-order valence-electron chi connectivity index (χ3n) is 4.62. The molecule has 0 N–H and O–H groups in total. The Morgan fingerprint density at radius 2 is 1.76 bits per heavy atom. The maximum Gasteiger partial charge on any atom is 0.316 e. The predicted octanol–water partition coefficient (Wildman–Crippen LogP) is 4.45. The Labute approximate surface area is 149 Å². The van der Waals surface area contributed by atoms with Crippen LogP contribution in [-0.2, 0) is 14.3 Å². The van der Waals surface area contributed by atoms with Crippen LogP contribution < -0.4 is 0 Å². The Bertz CT molecular complexity index is 709. The van der Waals surface area contributed by atoms with Crippen molar-refractivity contribution in [1.29, 1.82) is 0 Å². The summed E-state index contributed by atoms with van der Waals surface area (Å²) in [7, 11) is 0. The molecule has 0 unspecified atom stereocenters. The van der Waals surface area contributed by atoms with Crippen LogP contribution in [0.15, 0.2) is 66.7 Å². The van der Waals surface area contributed by atoms with Crippen LogP contribution >= 0.6 is 0 Å². The van der Waals surface area contributed by atoms with Crippen molar-refractivity contribution in [3.8, 4) is 0 Å². The van der Waals surface area contributed by atoms with Crippen molar-refractivity contribution in [3.05, 3.63) is 77.9 Å². The number of carbonyl (C=O) groups is 1. The molecular formula is C22H24O3. The first-order valence-corrected chi connectivity index (χ1v) is 8.80. The Hall–Kier alpha value is -2.39. The van der Waals surface area contributed by atoms with Crippen molar-refractivity contribution in [2.45, 2.75) is 19.3 Å². The zero-order valence-corrected chi connectivity index (χ0v) is 14.6. The molecule has 130 valence electrons. The minimum atomic E-state index is -0.566. The summed E-state index contributed by atoms with van der Waals surface area (Å²) in [6.07, 6.45) is 4.82. The van der Waals surface area contributed by atoms with Crippen LogP contribution in [0, 0.1) is 5.41 Å². The van der Waals surface area contributed by atoms with Gasteiger partial charge in [-0.1, -0.05) is 72.8 Å². The molecule has 0 spiro atoms. The van der Waals surface area contributed by atoms with Crippen molar-refractivity contribution in [2.75, 3.05) is 19.8 Å². The van der Waals surface area contributed by atoms with Crippen molar-refractivity contribution >= 4 is 12.0 Å². The third-order valence-corrected chi connectivity index (χ3v) is 4.62. The van der Waals surface area contributed by atoms with E-state index in [4.69, 9.17) is 9.47 Å². The smallest absolute Gasteiger partial charge is 0.316 e. The Morgan fingerprint density at radius 1 is 1.08 bits per heavy atom. The summed E-state index contributed by atoms with van der Waals surface area (Å²) in [5, 5.41) is 0. The summed E-state index contributed by atoms with van der Waals surface area (Å²) in [5.74, 6) is 0.0153. The average Bonchev–Trinajstić information content (AvgIpc) is 3.41. The van der Waals surface area contributed by atoms with Crippen LogP contribution in [0.5, 0.6) is 0 Å². The van der Waals surface area contributed by atoms with Gasteiger partial charge in [-0.25, -0.2) is 0 Å². The van der Waals surface area contributed by atoms with Gasteiger partial charge < -0.3 is 9.47 Å². The van der Waals surface area contributed by atoms with Gasteiger partial charge in [0.25, 0.3) is 0 Å². The molecule has 3 rings (SSSR count). The van der Waals surface area contributed by atoms with E-state index in [0.29, 0.717) is 19.8 Å². The molecule has 0 amide bonds. The summed E-state index contributed by atoms with van der Waals surface area (Å²) in [6, 6.07) is 20.2. The van der Waals surface area contributed by atoms with E-state index in [0.717, 1.165) is 12.0 Å². The minimum absolute atomic E-state index is 0.159. The second-order valence-electron chi connectivity index (χ2n) is 6.28. The molecule has 2 aromatic rings. The minimum Gasteiger partial charge on any atom is -0.463 e. The maximum absolute atomic E-state index is 12.8. The molecule has 0 heterocycles. The summed E-state index contributed by atoms with van der Waals surface area (Å²) in [5.41, 5.74) is 1.70. The molecular weight excluding hydrogens is 312 g/mol. The quantitative estimate of drug-likeness (QED) is 0.527. The Balaban J connectivity index is 1.76. The lowest BCUT2D eigenvalue weighted by Gasteiger charge is -2.13. The lowest BCUT2D eigenvalue weighted by Crippen LogP contribution is -2.21. The van der Waals surface area contributed by atoms with Crippen LogP contribution in [0.25, 0.3) is 6.08 Å². The lowest BCUT2D eigenvalue weighted by atomic mass is 9.97. The number of esters is 1. The molecule has 0 aliphatic heterocycles. The summed E-state index contributed by atoms with van der Waals surface area (Å²) in [4.78, 5) is 12.8. The van der Waals surface area contributed by atoms with Crippen LogP contribution in [-0.4, -0.2) is 25.8 Å². The van der Waals surface area contributed by atoms with Crippen LogP contribution in [0.4, 0.5) is 0 Å². The highest BCUT2D eigenvalue weighted by atomic mass is 16.6. The highest BCUT2D eigenvalue weighted by Gasteiger charge is 2.59. The fourth-order valence-electron chi connectivity index (χ4n) is 3.14. The van der Waals surface area contributed by atoms with Gasteiger partial charge in [0.1, 0.15) is 6.61 Å². The molecule has 1 aliphatic carbocycles. The van der Waals surface area contributed by atoms with Crippen LogP contribution in [0.2, 0.25) is 0 Å². The number of hydrogen-bond donors (Lipinski definition) is 0. The standard InChI is InChI=1S/C22H24O3/c1-2-24-15-16-25-21(23)22(14-13-18-9-5-3-6-10-18)17-20(22)19-11-7-4-8-12-19/h3-14,20H,2,15-17H2,1H3/t20-,22+/m0/s1. The molecule has 25 heavy (non-hydrogen) atoms. The van der Waals surface area contributed by atoms with E-state index in [9.17, 15) is 4.79 Å². The van der Waals surface area contributed by atoms with Gasteiger partial charge in [0.05, 0.1) is 12.0 Å². The molecule has 0 aromatic heterocycles. The van der Waals surface area contributed by atoms with E-state index < -0.39 is 5.41 Å². The largest absolute Gasteiger partial charge is 0.463 e. The summed E-state index contributed by atoms with van der Waals surface area (Å²) in [6.45, 7) is 3.30. The van der Waals surface area contributed by atoms with E-state index in [2.05, 4.69) is 12.1 Å². The monoisotopic (exact) mass is 336 g/mol. The molecule has 1 aliphatic rings. The number of ether oxygens (including phenoxy) is 2. The van der Waals surface area contributed by atoms with Crippen LogP contribution in [0.3, 0.4) is 0 Å². The first-order chi connectivity index (χ1) is 12.3. The van der Waals surface area contributed by atoms with E-state index in [1.165, 1.54) is 5.56 Å². The van der Waals surface area contributed by atoms with E-state index >= 15 is 0 Å². The maximum atomic E-state index is 12.8. The molecule has 1 saturated carbocycles. The molecule has 0 saturated heterocycles. The van der Waals surface area contributed by atoms with E-state index in [1.54, 1.807) is 0 Å². The third kappa shape index (κ3) is 4.18. The fraction of sp³-hybridized carbons (Fsp3) is 0.318. The number of carbonyl (C=O) groups excluding carboxylic acids is 1. The first kappa shape index (κ1) is 17.4. The van der Waals surface area contributed by atoms with Crippen molar-refractivity contribution < 1.29 is 14.3 Å².